The van der Waals surface area contributed by atoms with Gasteiger partial charge in [-0.1, -0.05) is 19.3 Å². The Labute approximate surface area is 77.2 Å². The van der Waals surface area contributed by atoms with Gasteiger partial charge >= 0.3 is 0 Å². The number of carbonyl (C=O) groups excluding carboxylic acids is 1. The SMILES string of the molecule is CC.[B]c1cc(F)cc(C=O)c1F. The second-order valence-corrected chi connectivity index (χ2v) is 2.02. The molecule has 0 amide bonds. The number of hydrogen-bond donors (Lipinski definition) is 0. The highest BCUT2D eigenvalue weighted by Crippen LogP contribution is 2.03. The molecule has 0 fully saturated rings. The van der Waals surface area contributed by atoms with E-state index in [0.717, 1.165) is 12.1 Å². The summed E-state index contributed by atoms with van der Waals surface area (Å²) in [5.41, 5.74) is -0.713. The van der Waals surface area contributed by atoms with E-state index in [0.29, 0.717) is 0 Å². The fraction of sp³-hybridized carbons (Fsp3) is 0.222. The predicted molar refractivity (Wildman–Crippen MR) is 48.5 cm³/mol. The van der Waals surface area contributed by atoms with Crippen LogP contribution in [0.15, 0.2) is 12.1 Å². The topological polar surface area (TPSA) is 17.1 Å². The fourth-order valence-corrected chi connectivity index (χ4v) is 0.718. The third-order valence-electron chi connectivity index (χ3n) is 1.22. The molecule has 1 aromatic rings. The van der Waals surface area contributed by atoms with Gasteiger partial charge in [0.1, 0.15) is 19.5 Å². The standard InChI is InChI=1S/C7H3BF2O.C2H6/c8-6-2-5(9)1-4(3-11)7(6)10;1-2/h1-3H;1-2H3. The van der Waals surface area contributed by atoms with Crippen molar-refractivity contribution in [3.8, 4) is 0 Å². The van der Waals surface area contributed by atoms with Gasteiger partial charge < -0.3 is 0 Å². The smallest absolute Gasteiger partial charge is 0.153 e. The zero-order valence-corrected chi connectivity index (χ0v) is 7.47. The van der Waals surface area contributed by atoms with Crippen LogP contribution in [0.2, 0.25) is 0 Å². The van der Waals surface area contributed by atoms with Crippen molar-refractivity contribution in [1.82, 2.24) is 0 Å². The Morgan fingerprint density at radius 2 is 1.85 bits per heavy atom. The van der Waals surface area contributed by atoms with Crippen molar-refractivity contribution in [3.63, 3.8) is 0 Å². The molecule has 0 aliphatic carbocycles. The molecule has 13 heavy (non-hydrogen) atoms. The third kappa shape index (κ3) is 2.97. The molecule has 0 atom stereocenters. The van der Waals surface area contributed by atoms with E-state index >= 15 is 0 Å². The Hall–Kier alpha value is -1.19. The molecule has 0 spiro atoms. The highest BCUT2D eigenvalue weighted by atomic mass is 19.1. The maximum absolute atomic E-state index is 12.7. The van der Waals surface area contributed by atoms with Crippen molar-refractivity contribution in [3.05, 3.63) is 29.3 Å². The van der Waals surface area contributed by atoms with E-state index in [9.17, 15) is 13.6 Å². The Kier molecular flexibility index (Phi) is 4.96. The molecule has 0 heterocycles. The number of benzene rings is 1. The number of halogens is 2. The first-order chi connectivity index (χ1) is 6.15. The zero-order chi connectivity index (χ0) is 10.4. The van der Waals surface area contributed by atoms with E-state index in [1.807, 2.05) is 13.8 Å². The van der Waals surface area contributed by atoms with Crippen LogP contribution in [0.3, 0.4) is 0 Å². The molecule has 68 valence electrons. The monoisotopic (exact) mass is 182 g/mol. The predicted octanol–water partition coefficient (Wildman–Crippen LogP) is 1.60. The number of hydrogen-bond acceptors (Lipinski definition) is 1. The summed E-state index contributed by atoms with van der Waals surface area (Å²) >= 11 is 0. The summed E-state index contributed by atoms with van der Waals surface area (Å²) in [5, 5.41) is 0. The van der Waals surface area contributed by atoms with E-state index < -0.39 is 11.6 Å². The van der Waals surface area contributed by atoms with E-state index in [2.05, 4.69) is 0 Å². The molecular weight excluding hydrogens is 173 g/mol. The summed E-state index contributed by atoms with van der Waals surface area (Å²) in [4.78, 5) is 10.1. The van der Waals surface area contributed by atoms with Crippen molar-refractivity contribution in [2.75, 3.05) is 0 Å². The van der Waals surface area contributed by atoms with Gasteiger partial charge in [-0.25, -0.2) is 8.78 Å². The molecule has 0 unspecified atom stereocenters. The molecule has 1 aromatic carbocycles. The molecule has 0 aliphatic rings. The van der Waals surface area contributed by atoms with Gasteiger partial charge in [-0.2, -0.15) is 0 Å². The van der Waals surface area contributed by atoms with Gasteiger partial charge in [0, 0.05) is 0 Å². The van der Waals surface area contributed by atoms with Crippen LogP contribution in [-0.4, -0.2) is 14.1 Å². The van der Waals surface area contributed by atoms with Gasteiger partial charge in [0.2, 0.25) is 0 Å². The fourth-order valence-electron chi connectivity index (χ4n) is 0.718. The van der Waals surface area contributed by atoms with Crippen LogP contribution in [-0.2, 0) is 0 Å². The second-order valence-electron chi connectivity index (χ2n) is 2.02. The molecule has 0 N–H and O–H groups in total. The van der Waals surface area contributed by atoms with Gasteiger partial charge in [0.15, 0.2) is 6.29 Å². The lowest BCUT2D eigenvalue weighted by Gasteiger charge is -1.98. The van der Waals surface area contributed by atoms with Crippen LogP contribution in [0.4, 0.5) is 8.78 Å². The van der Waals surface area contributed by atoms with Gasteiger partial charge in [-0.3, -0.25) is 4.79 Å². The van der Waals surface area contributed by atoms with E-state index in [4.69, 9.17) is 7.85 Å². The maximum Gasteiger partial charge on any atom is 0.153 e. The Morgan fingerprint density at radius 3 is 2.31 bits per heavy atom. The van der Waals surface area contributed by atoms with Crippen molar-refractivity contribution in [2.24, 2.45) is 0 Å². The normalized spacial score (nSPS) is 8.62. The van der Waals surface area contributed by atoms with E-state index in [1.165, 1.54) is 0 Å². The van der Waals surface area contributed by atoms with Crippen molar-refractivity contribution < 1.29 is 13.6 Å². The first kappa shape index (κ1) is 11.8. The van der Waals surface area contributed by atoms with Crippen LogP contribution in [0, 0.1) is 11.6 Å². The molecule has 0 aromatic heterocycles. The van der Waals surface area contributed by atoms with Gasteiger partial charge in [-0.15, -0.1) is 0 Å². The highest BCUT2D eigenvalue weighted by molar-refractivity contribution is 6.32. The minimum atomic E-state index is -0.874. The molecule has 0 saturated heterocycles. The average Bonchev–Trinajstić information content (AvgIpc) is 2.14. The minimum Gasteiger partial charge on any atom is -0.298 e. The zero-order valence-electron chi connectivity index (χ0n) is 7.47. The first-order valence-electron chi connectivity index (χ1n) is 3.85. The van der Waals surface area contributed by atoms with Crippen LogP contribution in [0.1, 0.15) is 24.2 Å². The summed E-state index contributed by atoms with van der Waals surface area (Å²) in [7, 11) is 5.02. The molecule has 1 rings (SSSR count). The van der Waals surface area contributed by atoms with Crippen molar-refractivity contribution in [1.29, 1.82) is 0 Å². The Balaban J connectivity index is 0.000000671. The Bertz CT molecular complexity index is 300. The van der Waals surface area contributed by atoms with E-state index in [1.54, 1.807) is 0 Å². The highest BCUT2D eigenvalue weighted by Gasteiger charge is 2.05. The lowest BCUT2D eigenvalue weighted by molar-refractivity contribution is 0.111. The summed E-state index contributed by atoms with van der Waals surface area (Å²) < 4.78 is 25.0. The van der Waals surface area contributed by atoms with Crippen LogP contribution in [0.5, 0.6) is 0 Å². The summed E-state index contributed by atoms with van der Waals surface area (Å²) in [6.07, 6.45) is 0.217. The van der Waals surface area contributed by atoms with Crippen LogP contribution in [0.25, 0.3) is 0 Å². The number of carbonyl (C=O) groups is 1. The largest absolute Gasteiger partial charge is 0.298 e. The molecule has 1 nitrogen and oxygen atoms in total. The maximum atomic E-state index is 12.7. The lowest BCUT2D eigenvalue weighted by Crippen LogP contribution is -2.12. The number of aldehydes is 1. The summed E-state index contributed by atoms with van der Waals surface area (Å²) in [6.45, 7) is 4.00. The third-order valence-corrected chi connectivity index (χ3v) is 1.22. The van der Waals surface area contributed by atoms with Gasteiger partial charge in [0.05, 0.1) is 5.56 Å². The van der Waals surface area contributed by atoms with Crippen LogP contribution < -0.4 is 5.46 Å². The Morgan fingerprint density at radius 1 is 1.31 bits per heavy atom. The second kappa shape index (κ2) is 5.46. The van der Waals surface area contributed by atoms with E-state index in [-0.39, 0.29) is 17.3 Å². The molecule has 0 saturated carbocycles. The van der Waals surface area contributed by atoms with Crippen LogP contribution >= 0.6 is 0 Å². The molecule has 2 radical (unpaired) electrons. The summed E-state index contributed by atoms with van der Waals surface area (Å²) in [6, 6.07) is 1.61. The number of rotatable bonds is 1. The molecule has 4 heteroatoms. The first-order valence-corrected chi connectivity index (χ1v) is 3.85. The molecule has 0 bridgehead atoms. The molecule has 0 aliphatic heterocycles. The lowest BCUT2D eigenvalue weighted by atomic mass is 9.93. The minimum absolute atomic E-state index is 0.217. The van der Waals surface area contributed by atoms with Gasteiger partial charge in [-0.05, 0) is 12.1 Å². The van der Waals surface area contributed by atoms with Crippen molar-refractivity contribution >= 4 is 19.6 Å². The quantitative estimate of drug-likeness (QED) is 0.476. The van der Waals surface area contributed by atoms with Crippen molar-refractivity contribution in [2.45, 2.75) is 13.8 Å². The summed E-state index contributed by atoms with van der Waals surface area (Å²) in [5.74, 6) is -1.59. The van der Waals surface area contributed by atoms with Gasteiger partial charge in [0.25, 0.3) is 0 Å². The molecular formula is C9H9BF2O. The average molecular weight is 182 g/mol.